The zero-order chi connectivity index (χ0) is 13.5. The van der Waals surface area contributed by atoms with E-state index in [-0.39, 0.29) is 17.2 Å². The minimum Gasteiger partial charge on any atom is -0.507 e. The van der Waals surface area contributed by atoms with Crippen molar-refractivity contribution in [3.63, 3.8) is 0 Å². The SMILES string of the molecule is COc1ccc(C(=O)NCC(C)CCBr)c(O)c1. The molecule has 1 unspecified atom stereocenters. The summed E-state index contributed by atoms with van der Waals surface area (Å²) in [6.45, 7) is 2.66. The molecule has 0 aliphatic carbocycles. The Morgan fingerprint density at radius 2 is 2.28 bits per heavy atom. The summed E-state index contributed by atoms with van der Waals surface area (Å²) in [7, 11) is 1.51. The fourth-order valence-corrected chi connectivity index (χ4v) is 2.26. The molecule has 2 N–H and O–H groups in total. The number of methoxy groups -OCH3 is 1. The van der Waals surface area contributed by atoms with Crippen molar-refractivity contribution in [2.75, 3.05) is 19.0 Å². The van der Waals surface area contributed by atoms with Crippen LogP contribution in [0, 0.1) is 5.92 Å². The van der Waals surface area contributed by atoms with Crippen molar-refractivity contribution in [1.82, 2.24) is 5.32 Å². The Kier molecular flexibility index (Phi) is 5.98. The van der Waals surface area contributed by atoms with Gasteiger partial charge in [0.25, 0.3) is 5.91 Å². The summed E-state index contributed by atoms with van der Waals surface area (Å²) in [5.74, 6) is 0.585. The lowest BCUT2D eigenvalue weighted by Crippen LogP contribution is -2.28. The van der Waals surface area contributed by atoms with Gasteiger partial charge in [0.1, 0.15) is 11.5 Å². The summed E-state index contributed by atoms with van der Waals surface area (Å²) in [6, 6.07) is 4.63. The lowest BCUT2D eigenvalue weighted by molar-refractivity contribution is 0.0945. The van der Waals surface area contributed by atoms with E-state index in [1.165, 1.54) is 13.2 Å². The molecule has 0 saturated heterocycles. The first-order valence-corrected chi connectivity index (χ1v) is 6.91. The summed E-state index contributed by atoms with van der Waals surface area (Å²) >= 11 is 3.36. The molecule has 1 atom stereocenters. The topological polar surface area (TPSA) is 58.6 Å². The van der Waals surface area contributed by atoms with Crippen molar-refractivity contribution in [3.05, 3.63) is 23.8 Å². The normalized spacial score (nSPS) is 11.9. The van der Waals surface area contributed by atoms with Crippen molar-refractivity contribution < 1.29 is 14.6 Å². The minimum absolute atomic E-state index is 0.0694. The van der Waals surface area contributed by atoms with Crippen LogP contribution in [0.4, 0.5) is 0 Å². The molecule has 1 amide bonds. The second-order valence-electron chi connectivity index (χ2n) is 4.18. The van der Waals surface area contributed by atoms with E-state index in [0.717, 1.165) is 11.8 Å². The molecule has 18 heavy (non-hydrogen) atoms. The van der Waals surface area contributed by atoms with Gasteiger partial charge in [-0.05, 0) is 24.5 Å². The highest BCUT2D eigenvalue weighted by atomic mass is 79.9. The van der Waals surface area contributed by atoms with Crippen LogP contribution in [0.15, 0.2) is 18.2 Å². The smallest absolute Gasteiger partial charge is 0.255 e. The van der Waals surface area contributed by atoms with E-state index < -0.39 is 0 Å². The van der Waals surface area contributed by atoms with E-state index in [2.05, 4.69) is 28.2 Å². The van der Waals surface area contributed by atoms with Gasteiger partial charge in [-0.15, -0.1) is 0 Å². The summed E-state index contributed by atoms with van der Waals surface area (Å²) in [4.78, 5) is 11.9. The van der Waals surface area contributed by atoms with Crippen LogP contribution in [0.5, 0.6) is 11.5 Å². The highest BCUT2D eigenvalue weighted by Crippen LogP contribution is 2.23. The van der Waals surface area contributed by atoms with E-state index >= 15 is 0 Å². The van der Waals surface area contributed by atoms with Gasteiger partial charge in [0.15, 0.2) is 0 Å². The number of halogens is 1. The van der Waals surface area contributed by atoms with Crippen LogP contribution < -0.4 is 10.1 Å². The number of rotatable bonds is 6. The maximum Gasteiger partial charge on any atom is 0.255 e. The van der Waals surface area contributed by atoms with Gasteiger partial charge in [0.05, 0.1) is 12.7 Å². The number of hydrogen-bond acceptors (Lipinski definition) is 3. The minimum atomic E-state index is -0.267. The van der Waals surface area contributed by atoms with Crippen LogP contribution in [0.3, 0.4) is 0 Å². The molecule has 0 aliphatic rings. The number of nitrogens with one attached hydrogen (secondary N) is 1. The number of phenols is 1. The van der Waals surface area contributed by atoms with Gasteiger partial charge in [0.2, 0.25) is 0 Å². The summed E-state index contributed by atoms with van der Waals surface area (Å²) in [5.41, 5.74) is 0.266. The Balaban J connectivity index is 2.61. The molecule has 1 aromatic carbocycles. The molecule has 0 heterocycles. The van der Waals surface area contributed by atoms with E-state index in [0.29, 0.717) is 18.2 Å². The van der Waals surface area contributed by atoms with Crippen LogP contribution >= 0.6 is 15.9 Å². The fourth-order valence-electron chi connectivity index (χ4n) is 1.48. The number of amides is 1. The predicted molar refractivity (Wildman–Crippen MR) is 74.6 cm³/mol. The third-order valence-electron chi connectivity index (χ3n) is 2.66. The van der Waals surface area contributed by atoms with Crippen LogP contribution in [-0.2, 0) is 0 Å². The fraction of sp³-hybridized carbons (Fsp3) is 0.462. The zero-order valence-corrected chi connectivity index (χ0v) is 12.2. The Hall–Kier alpha value is -1.23. The lowest BCUT2D eigenvalue weighted by atomic mass is 10.1. The summed E-state index contributed by atoms with van der Waals surface area (Å²) < 4.78 is 4.96. The maximum atomic E-state index is 11.9. The molecule has 5 heteroatoms. The van der Waals surface area contributed by atoms with Gasteiger partial charge in [-0.25, -0.2) is 0 Å². The highest BCUT2D eigenvalue weighted by Gasteiger charge is 2.12. The molecule has 0 bridgehead atoms. The molecular formula is C13H18BrNO3. The first-order valence-electron chi connectivity index (χ1n) is 5.79. The molecule has 0 aromatic heterocycles. The lowest BCUT2D eigenvalue weighted by Gasteiger charge is -2.12. The molecule has 0 fully saturated rings. The van der Waals surface area contributed by atoms with Crippen molar-refractivity contribution in [2.24, 2.45) is 5.92 Å². The summed E-state index contributed by atoms with van der Waals surface area (Å²) in [5, 5.41) is 13.4. The molecule has 0 radical (unpaired) electrons. The number of carbonyl (C=O) groups is 1. The molecule has 1 aromatic rings. The maximum absolute atomic E-state index is 11.9. The average Bonchev–Trinajstić information content (AvgIpc) is 2.36. The van der Waals surface area contributed by atoms with Gasteiger partial charge in [-0.1, -0.05) is 22.9 Å². The number of ether oxygens (including phenoxy) is 1. The third-order valence-corrected chi connectivity index (χ3v) is 3.12. The third kappa shape index (κ3) is 4.22. The number of alkyl halides is 1. The standard InChI is InChI=1S/C13H18BrNO3/c1-9(5-6-14)8-15-13(17)11-4-3-10(18-2)7-12(11)16/h3-4,7,9,16H,5-6,8H2,1-2H3,(H,15,17). The average molecular weight is 316 g/mol. The molecule has 0 aliphatic heterocycles. The monoisotopic (exact) mass is 315 g/mol. The summed E-state index contributed by atoms with van der Waals surface area (Å²) in [6.07, 6.45) is 0.995. The van der Waals surface area contributed by atoms with Crippen molar-refractivity contribution in [2.45, 2.75) is 13.3 Å². The molecular weight excluding hydrogens is 298 g/mol. The Labute approximate surface area is 115 Å². The first-order chi connectivity index (χ1) is 8.58. The zero-order valence-electron chi connectivity index (χ0n) is 10.6. The number of carbonyl (C=O) groups excluding carboxylic acids is 1. The van der Waals surface area contributed by atoms with Gasteiger partial charge < -0.3 is 15.2 Å². The number of aromatic hydroxyl groups is 1. The van der Waals surface area contributed by atoms with Crippen molar-refractivity contribution in [1.29, 1.82) is 0 Å². The van der Waals surface area contributed by atoms with Crippen LogP contribution in [0.25, 0.3) is 0 Å². The van der Waals surface area contributed by atoms with Crippen LogP contribution in [-0.4, -0.2) is 30.0 Å². The van der Waals surface area contributed by atoms with Gasteiger partial charge >= 0.3 is 0 Å². The van der Waals surface area contributed by atoms with E-state index in [9.17, 15) is 9.90 Å². The number of hydrogen-bond donors (Lipinski definition) is 2. The molecule has 100 valence electrons. The second kappa shape index (κ2) is 7.26. The molecule has 0 saturated carbocycles. The van der Waals surface area contributed by atoms with Gasteiger partial charge in [-0.2, -0.15) is 0 Å². The van der Waals surface area contributed by atoms with E-state index in [4.69, 9.17) is 4.74 Å². The quantitative estimate of drug-likeness (QED) is 0.793. The van der Waals surface area contributed by atoms with E-state index in [1.807, 2.05) is 0 Å². The van der Waals surface area contributed by atoms with Gasteiger partial charge in [-0.3, -0.25) is 4.79 Å². The number of benzene rings is 1. The van der Waals surface area contributed by atoms with Crippen molar-refractivity contribution >= 4 is 21.8 Å². The predicted octanol–water partition coefficient (Wildman–Crippen LogP) is 2.55. The first kappa shape index (κ1) is 14.8. The van der Waals surface area contributed by atoms with E-state index in [1.54, 1.807) is 12.1 Å². The van der Waals surface area contributed by atoms with Crippen LogP contribution in [0.1, 0.15) is 23.7 Å². The second-order valence-corrected chi connectivity index (χ2v) is 4.97. The Morgan fingerprint density at radius 3 is 2.83 bits per heavy atom. The van der Waals surface area contributed by atoms with Crippen LogP contribution in [0.2, 0.25) is 0 Å². The molecule has 1 rings (SSSR count). The number of phenolic OH excluding ortho intramolecular Hbond substituents is 1. The Morgan fingerprint density at radius 1 is 1.56 bits per heavy atom. The molecule has 4 nitrogen and oxygen atoms in total. The van der Waals surface area contributed by atoms with Gasteiger partial charge in [0, 0.05) is 17.9 Å². The Bertz CT molecular complexity index is 409. The highest BCUT2D eigenvalue weighted by molar-refractivity contribution is 9.09. The molecule has 0 spiro atoms. The van der Waals surface area contributed by atoms with Crippen molar-refractivity contribution in [3.8, 4) is 11.5 Å². The largest absolute Gasteiger partial charge is 0.507 e.